The molecule has 0 aromatic carbocycles. The maximum Gasteiger partial charge on any atom is 0.217 e. The van der Waals surface area contributed by atoms with Crippen LogP contribution in [0.1, 0.15) is 31.0 Å². The molecular formula is C14H20N4OS. The van der Waals surface area contributed by atoms with E-state index in [1.807, 2.05) is 12.1 Å². The second kappa shape index (κ2) is 6.76. The Morgan fingerprint density at radius 1 is 1.55 bits per heavy atom. The van der Waals surface area contributed by atoms with Gasteiger partial charge in [0.25, 0.3) is 0 Å². The summed E-state index contributed by atoms with van der Waals surface area (Å²) in [6.07, 6.45) is 3.73. The molecule has 1 amide bonds. The highest BCUT2D eigenvalue weighted by Crippen LogP contribution is 2.14. The summed E-state index contributed by atoms with van der Waals surface area (Å²) in [4.78, 5) is 17.9. The van der Waals surface area contributed by atoms with Crippen LogP contribution in [0.4, 0.5) is 0 Å². The number of amides is 1. The number of nitrogens with one attached hydrogen (secondary N) is 1. The van der Waals surface area contributed by atoms with E-state index < -0.39 is 0 Å². The summed E-state index contributed by atoms with van der Waals surface area (Å²) in [5, 5.41) is 2.98. The average molecular weight is 292 g/mol. The van der Waals surface area contributed by atoms with Crippen molar-refractivity contribution in [2.45, 2.75) is 32.4 Å². The maximum atomic E-state index is 11.0. The molecule has 5 nitrogen and oxygen atoms in total. The fourth-order valence-corrected chi connectivity index (χ4v) is 2.60. The number of nitrogens with zero attached hydrogens (tertiary/aromatic N) is 2. The van der Waals surface area contributed by atoms with Crippen molar-refractivity contribution in [3.8, 4) is 0 Å². The summed E-state index contributed by atoms with van der Waals surface area (Å²) in [7, 11) is 0. The molecule has 1 aliphatic heterocycles. The summed E-state index contributed by atoms with van der Waals surface area (Å²) in [6.45, 7) is 4.40. The average Bonchev–Trinajstić information content (AvgIpc) is 2.41. The lowest BCUT2D eigenvalue weighted by atomic mass is 10.0. The highest BCUT2D eigenvalue weighted by Gasteiger charge is 2.19. The monoisotopic (exact) mass is 292 g/mol. The number of hydrogen-bond donors (Lipinski definition) is 2. The van der Waals surface area contributed by atoms with E-state index in [-0.39, 0.29) is 5.91 Å². The number of aromatic nitrogens is 1. The van der Waals surface area contributed by atoms with Gasteiger partial charge in [0.1, 0.15) is 4.99 Å². The van der Waals surface area contributed by atoms with Crippen molar-refractivity contribution in [3.63, 3.8) is 0 Å². The second-order valence-corrected chi connectivity index (χ2v) is 5.60. The normalized spacial score (nSPS) is 16.9. The Morgan fingerprint density at radius 3 is 2.85 bits per heavy atom. The van der Waals surface area contributed by atoms with Crippen molar-refractivity contribution in [2.75, 3.05) is 13.1 Å². The van der Waals surface area contributed by atoms with Crippen molar-refractivity contribution in [2.24, 2.45) is 5.73 Å². The molecule has 0 radical (unpaired) electrons. The van der Waals surface area contributed by atoms with E-state index >= 15 is 0 Å². The van der Waals surface area contributed by atoms with Crippen LogP contribution in [0.3, 0.4) is 0 Å². The number of nitrogens with two attached hydrogens (primary N) is 1. The molecule has 1 fully saturated rings. The standard InChI is InChI=1S/C14H20N4OS/c1-10(19)17-12-3-6-18(7-4-12)9-11-2-5-16-13(8-11)14(15)20/h2,5,8,12H,3-4,6-7,9H2,1H3,(H2,15,20)(H,17,19). The van der Waals surface area contributed by atoms with E-state index in [2.05, 4.69) is 15.2 Å². The third-order valence-corrected chi connectivity index (χ3v) is 3.69. The second-order valence-electron chi connectivity index (χ2n) is 5.16. The minimum absolute atomic E-state index is 0.0543. The lowest BCUT2D eigenvalue weighted by Gasteiger charge is -2.32. The fraction of sp³-hybridized carbons (Fsp3) is 0.500. The molecule has 1 saturated heterocycles. The van der Waals surface area contributed by atoms with Gasteiger partial charge >= 0.3 is 0 Å². The van der Waals surface area contributed by atoms with Gasteiger partial charge < -0.3 is 11.1 Å². The predicted molar refractivity (Wildman–Crippen MR) is 82.2 cm³/mol. The molecule has 0 atom stereocenters. The third kappa shape index (κ3) is 4.25. The number of likely N-dealkylation sites (tertiary alicyclic amines) is 1. The predicted octanol–water partition coefficient (Wildman–Crippen LogP) is 0.816. The molecule has 0 saturated carbocycles. The molecule has 108 valence electrons. The van der Waals surface area contributed by atoms with Gasteiger partial charge in [-0.25, -0.2) is 0 Å². The van der Waals surface area contributed by atoms with E-state index in [4.69, 9.17) is 18.0 Å². The topological polar surface area (TPSA) is 71.2 Å². The van der Waals surface area contributed by atoms with Crippen LogP contribution in [0.5, 0.6) is 0 Å². The molecule has 1 aromatic heterocycles. The van der Waals surface area contributed by atoms with Crippen LogP contribution in [0, 0.1) is 0 Å². The van der Waals surface area contributed by atoms with Crippen molar-refractivity contribution < 1.29 is 4.79 Å². The molecule has 0 unspecified atom stereocenters. The molecule has 0 bridgehead atoms. The summed E-state index contributed by atoms with van der Waals surface area (Å²) in [6, 6.07) is 4.25. The Bertz CT molecular complexity index is 498. The third-order valence-electron chi connectivity index (χ3n) is 3.48. The molecule has 20 heavy (non-hydrogen) atoms. The Morgan fingerprint density at radius 2 is 2.25 bits per heavy atom. The molecular weight excluding hydrogens is 272 g/mol. The van der Waals surface area contributed by atoms with Crippen LogP contribution in [0.2, 0.25) is 0 Å². The first-order valence-electron chi connectivity index (χ1n) is 6.79. The minimum Gasteiger partial charge on any atom is -0.388 e. The molecule has 0 spiro atoms. The number of thiocarbonyl (C=S) groups is 1. The zero-order chi connectivity index (χ0) is 14.5. The molecule has 1 aliphatic rings. The zero-order valence-corrected chi connectivity index (χ0v) is 12.4. The molecule has 0 aliphatic carbocycles. The highest BCUT2D eigenvalue weighted by atomic mass is 32.1. The summed E-state index contributed by atoms with van der Waals surface area (Å²) in [5.74, 6) is 0.0543. The lowest BCUT2D eigenvalue weighted by Crippen LogP contribution is -2.43. The Balaban J connectivity index is 1.88. The van der Waals surface area contributed by atoms with Crippen LogP contribution in [-0.2, 0) is 11.3 Å². The van der Waals surface area contributed by atoms with Gasteiger partial charge in [0, 0.05) is 38.8 Å². The highest BCUT2D eigenvalue weighted by molar-refractivity contribution is 7.80. The van der Waals surface area contributed by atoms with E-state index in [1.54, 1.807) is 13.1 Å². The number of piperidine rings is 1. The quantitative estimate of drug-likeness (QED) is 0.804. The summed E-state index contributed by atoms with van der Waals surface area (Å²) < 4.78 is 0. The van der Waals surface area contributed by atoms with E-state index in [9.17, 15) is 4.79 Å². The maximum absolute atomic E-state index is 11.0. The van der Waals surface area contributed by atoms with Crippen LogP contribution >= 0.6 is 12.2 Å². The van der Waals surface area contributed by atoms with Gasteiger partial charge in [-0.15, -0.1) is 0 Å². The van der Waals surface area contributed by atoms with Crippen LogP contribution in [0.25, 0.3) is 0 Å². The molecule has 1 aromatic rings. The van der Waals surface area contributed by atoms with Gasteiger partial charge in [0.15, 0.2) is 0 Å². The van der Waals surface area contributed by atoms with E-state index in [0.29, 0.717) is 16.7 Å². The summed E-state index contributed by atoms with van der Waals surface area (Å²) >= 11 is 4.94. The number of hydrogen-bond acceptors (Lipinski definition) is 4. The van der Waals surface area contributed by atoms with Gasteiger partial charge in [-0.05, 0) is 30.5 Å². The number of carbonyl (C=O) groups excluding carboxylic acids is 1. The van der Waals surface area contributed by atoms with Gasteiger partial charge in [-0.2, -0.15) is 0 Å². The fourth-order valence-electron chi connectivity index (χ4n) is 2.49. The minimum atomic E-state index is 0.0543. The smallest absolute Gasteiger partial charge is 0.217 e. The van der Waals surface area contributed by atoms with Crippen molar-refractivity contribution in [1.29, 1.82) is 0 Å². The largest absolute Gasteiger partial charge is 0.388 e. The number of pyridine rings is 1. The first-order chi connectivity index (χ1) is 9.54. The molecule has 6 heteroatoms. The van der Waals surface area contributed by atoms with Gasteiger partial charge in [-0.3, -0.25) is 14.7 Å². The van der Waals surface area contributed by atoms with Crippen molar-refractivity contribution in [1.82, 2.24) is 15.2 Å². The first kappa shape index (κ1) is 14.9. The van der Waals surface area contributed by atoms with Crippen LogP contribution < -0.4 is 11.1 Å². The molecule has 2 heterocycles. The molecule has 3 N–H and O–H groups in total. The van der Waals surface area contributed by atoms with E-state index in [0.717, 1.165) is 32.5 Å². The van der Waals surface area contributed by atoms with Crippen molar-refractivity contribution >= 4 is 23.1 Å². The Hall–Kier alpha value is -1.53. The number of carbonyl (C=O) groups is 1. The van der Waals surface area contributed by atoms with Crippen LogP contribution in [0.15, 0.2) is 18.3 Å². The molecule has 2 rings (SSSR count). The van der Waals surface area contributed by atoms with Crippen molar-refractivity contribution in [3.05, 3.63) is 29.6 Å². The number of rotatable bonds is 4. The van der Waals surface area contributed by atoms with Gasteiger partial charge in [-0.1, -0.05) is 12.2 Å². The Kier molecular flexibility index (Phi) is 5.03. The first-order valence-corrected chi connectivity index (χ1v) is 7.19. The zero-order valence-electron chi connectivity index (χ0n) is 11.6. The van der Waals surface area contributed by atoms with Gasteiger partial charge in [0.05, 0.1) is 5.69 Å². The SMILES string of the molecule is CC(=O)NC1CCN(Cc2ccnc(C(N)=S)c2)CC1. The Labute approximate surface area is 124 Å². The van der Waals surface area contributed by atoms with E-state index in [1.165, 1.54) is 5.56 Å². The van der Waals surface area contributed by atoms with Crippen LogP contribution in [-0.4, -0.2) is 39.9 Å². The summed E-state index contributed by atoms with van der Waals surface area (Å²) in [5.41, 5.74) is 7.43. The lowest BCUT2D eigenvalue weighted by molar-refractivity contribution is -0.119. The van der Waals surface area contributed by atoms with Gasteiger partial charge in [0.2, 0.25) is 5.91 Å².